The topological polar surface area (TPSA) is 65.0 Å². The lowest BCUT2D eigenvalue weighted by Crippen LogP contribution is -1.98. The quantitative estimate of drug-likeness (QED) is 0.590. The van der Waals surface area contributed by atoms with E-state index in [9.17, 15) is 4.79 Å². The number of pyridine rings is 1. The summed E-state index contributed by atoms with van der Waals surface area (Å²) in [5.74, 6) is -0.369. The molecule has 2 aromatic heterocycles. The molecule has 0 radical (unpaired) electrons. The van der Waals surface area contributed by atoms with E-state index in [4.69, 9.17) is 4.74 Å². The molecule has 0 aromatic carbocycles. The number of hydrogen-bond acceptors (Lipinski definition) is 5. The van der Waals surface area contributed by atoms with Crippen LogP contribution < -0.4 is 0 Å². The maximum absolute atomic E-state index is 11.1. The number of ether oxygens (including phenoxy) is 1. The number of rotatable bonds is 3. The van der Waals surface area contributed by atoms with Gasteiger partial charge in [0.2, 0.25) is 0 Å². The van der Waals surface area contributed by atoms with Gasteiger partial charge in [-0.05, 0) is 24.6 Å². The number of nitrogens with zero attached hydrogens (tertiary/aromatic N) is 3. The summed E-state index contributed by atoms with van der Waals surface area (Å²) >= 11 is 0. The van der Waals surface area contributed by atoms with Crippen molar-refractivity contribution in [2.45, 2.75) is 6.92 Å². The van der Waals surface area contributed by atoms with Gasteiger partial charge in [0, 0.05) is 24.7 Å². The van der Waals surface area contributed by atoms with Gasteiger partial charge in [0.05, 0.1) is 6.61 Å². The minimum Gasteiger partial charge on any atom is -0.463 e. The molecular formula is C12H11N3O2. The summed E-state index contributed by atoms with van der Waals surface area (Å²) in [5, 5.41) is 0. The second kappa shape index (κ2) is 5.16. The fourth-order valence-electron chi connectivity index (χ4n) is 1.32. The normalized spacial score (nSPS) is 10.9. The van der Waals surface area contributed by atoms with Crippen LogP contribution in [0.4, 0.5) is 0 Å². The molecule has 2 rings (SSSR count). The van der Waals surface area contributed by atoms with E-state index in [2.05, 4.69) is 15.0 Å². The van der Waals surface area contributed by atoms with Crippen LogP contribution >= 0.6 is 0 Å². The third-order valence-electron chi connectivity index (χ3n) is 2.04. The van der Waals surface area contributed by atoms with E-state index in [0.717, 1.165) is 5.56 Å². The van der Waals surface area contributed by atoms with Crippen molar-refractivity contribution in [2.24, 2.45) is 0 Å². The van der Waals surface area contributed by atoms with E-state index in [1.165, 1.54) is 6.08 Å². The highest BCUT2D eigenvalue weighted by Gasteiger charge is 1.98. The molecule has 5 heteroatoms. The Labute approximate surface area is 98.2 Å². The minimum absolute atomic E-state index is 0.366. The molecule has 0 bridgehead atoms. The highest BCUT2D eigenvalue weighted by atomic mass is 16.5. The van der Waals surface area contributed by atoms with Crippen LogP contribution in [0.25, 0.3) is 17.2 Å². The van der Waals surface area contributed by atoms with Gasteiger partial charge in [0.1, 0.15) is 5.52 Å². The van der Waals surface area contributed by atoms with Crippen molar-refractivity contribution in [2.75, 3.05) is 6.61 Å². The summed E-state index contributed by atoms with van der Waals surface area (Å²) < 4.78 is 4.78. The summed E-state index contributed by atoms with van der Waals surface area (Å²) in [4.78, 5) is 23.4. The molecule has 0 spiro atoms. The highest BCUT2D eigenvalue weighted by Crippen LogP contribution is 2.08. The zero-order valence-corrected chi connectivity index (χ0v) is 9.33. The predicted octanol–water partition coefficient (Wildman–Crippen LogP) is 1.60. The average Bonchev–Trinajstić information content (AvgIpc) is 2.36. The summed E-state index contributed by atoms with van der Waals surface area (Å²) in [6, 6.07) is 1.81. The third kappa shape index (κ3) is 2.84. The minimum atomic E-state index is -0.369. The molecule has 0 amide bonds. The van der Waals surface area contributed by atoms with Gasteiger partial charge in [-0.3, -0.25) is 4.98 Å². The molecule has 0 saturated heterocycles. The molecule has 0 aliphatic heterocycles. The van der Waals surface area contributed by atoms with Crippen molar-refractivity contribution in [1.82, 2.24) is 15.0 Å². The number of aromatic nitrogens is 3. The fourth-order valence-corrected chi connectivity index (χ4v) is 1.32. The Bertz CT molecular complexity index is 566. The number of hydrogen-bond donors (Lipinski definition) is 0. The van der Waals surface area contributed by atoms with E-state index in [-0.39, 0.29) is 5.97 Å². The largest absolute Gasteiger partial charge is 0.463 e. The second-order valence-electron chi connectivity index (χ2n) is 3.25. The fraction of sp³-hybridized carbons (Fsp3) is 0.167. The summed E-state index contributed by atoms with van der Waals surface area (Å²) in [6.45, 7) is 2.13. The van der Waals surface area contributed by atoms with Crippen molar-refractivity contribution < 1.29 is 9.53 Å². The first kappa shape index (κ1) is 11.2. The average molecular weight is 229 g/mol. The van der Waals surface area contributed by atoms with Gasteiger partial charge in [-0.1, -0.05) is 0 Å². The number of carbonyl (C=O) groups excluding carboxylic acids is 1. The van der Waals surface area contributed by atoms with Crippen LogP contribution in [0.2, 0.25) is 0 Å². The Morgan fingerprint density at radius 2 is 2.18 bits per heavy atom. The maximum Gasteiger partial charge on any atom is 0.330 e. The Hall–Kier alpha value is -2.30. The first-order chi connectivity index (χ1) is 8.29. The number of carbonyl (C=O) groups is 1. The van der Waals surface area contributed by atoms with Crippen LogP contribution in [0.3, 0.4) is 0 Å². The zero-order valence-electron chi connectivity index (χ0n) is 9.33. The Kier molecular flexibility index (Phi) is 3.40. The van der Waals surface area contributed by atoms with Gasteiger partial charge in [-0.25, -0.2) is 14.8 Å². The molecule has 0 N–H and O–H groups in total. The Morgan fingerprint density at radius 1 is 1.35 bits per heavy atom. The molecule has 0 aliphatic rings. The van der Waals surface area contributed by atoms with Crippen molar-refractivity contribution in [3.63, 3.8) is 0 Å². The van der Waals surface area contributed by atoms with Crippen LogP contribution in [0.5, 0.6) is 0 Å². The van der Waals surface area contributed by atoms with Gasteiger partial charge in [0.25, 0.3) is 0 Å². The molecule has 0 unspecified atom stereocenters. The van der Waals surface area contributed by atoms with E-state index in [1.807, 2.05) is 6.07 Å². The van der Waals surface area contributed by atoms with E-state index >= 15 is 0 Å². The molecule has 2 aromatic rings. The van der Waals surface area contributed by atoms with Crippen LogP contribution in [-0.2, 0) is 9.53 Å². The monoisotopic (exact) mass is 229 g/mol. The van der Waals surface area contributed by atoms with Crippen LogP contribution in [0.1, 0.15) is 12.5 Å². The van der Waals surface area contributed by atoms with Crippen LogP contribution in [0.15, 0.2) is 30.7 Å². The predicted molar refractivity (Wildman–Crippen MR) is 63.0 cm³/mol. The number of fused-ring (bicyclic) bond motifs is 1. The second-order valence-corrected chi connectivity index (χ2v) is 3.25. The highest BCUT2D eigenvalue weighted by molar-refractivity contribution is 5.87. The van der Waals surface area contributed by atoms with Gasteiger partial charge >= 0.3 is 5.97 Å². The van der Waals surface area contributed by atoms with E-state index in [1.54, 1.807) is 31.6 Å². The smallest absolute Gasteiger partial charge is 0.330 e. The van der Waals surface area contributed by atoms with Gasteiger partial charge < -0.3 is 4.74 Å². The molecule has 86 valence electrons. The van der Waals surface area contributed by atoms with E-state index < -0.39 is 0 Å². The third-order valence-corrected chi connectivity index (χ3v) is 2.04. The van der Waals surface area contributed by atoms with Crippen molar-refractivity contribution in [1.29, 1.82) is 0 Å². The molecule has 5 nitrogen and oxygen atoms in total. The van der Waals surface area contributed by atoms with Gasteiger partial charge in [-0.15, -0.1) is 0 Å². The molecule has 0 aliphatic carbocycles. The standard InChI is InChI=1S/C12H11N3O2/c1-2-17-11(16)4-3-9-7-10-12(15-8-9)14-6-5-13-10/h3-8H,2H2,1H3/b4-3+. The summed E-state index contributed by atoms with van der Waals surface area (Å²) in [7, 11) is 0. The van der Waals surface area contributed by atoms with Gasteiger partial charge in [0.15, 0.2) is 5.65 Å². The van der Waals surface area contributed by atoms with Gasteiger partial charge in [-0.2, -0.15) is 0 Å². The first-order valence-corrected chi connectivity index (χ1v) is 5.21. The lowest BCUT2D eigenvalue weighted by molar-refractivity contribution is -0.137. The molecule has 2 heterocycles. The number of esters is 1. The Morgan fingerprint density at radius 3 is 3.00 bits per heavy atom. The SMILES string of the molecule is CCOC(=O)/C=C/c1cnc2nccnc2c1. The molecule has 17 heavy (non-hydrogen) atoms. The van der Waals surface area contributed by atoms with E-state index in [0.29, 0.717) is 17.8 Å². The molecule has 0 saturated carbocycles. The summed E-state index contributed by atoms with van der Waals surface area (Å²) in [5.41, 5.74) is 2.06. The summed E-state index contributed by atoms with van der Waals surface area (Å²) in [6.07, 6.45) is 7.82. The van der Waals surface area contributed by atoms with Crippen LogP contribution in [-0.4, -0.2) is 27.5 Å². The molecule has 0 fully saturated rings. The van der Waals surface area contributed by atoms with Crippen molar-refractivity contribution >= 4 is 23.2 Å². The first-order valence-electron chi connectivity index (χ1n) is 5.21. The lowest BCUT2D eigenvalue weighted by atomic mass is 10.2. The van der Waals surface area contributed by atoms with Crippen molar-refractivity contribution in [3.05, 3.63) is 36.3 Å². The molecular weight excluding hydrogens is 218 g/mol. The Balaban J connectivity index is 2.22. The lowest BCUT2D eigenvalue weighted by Gasteiger charge is -1.97. The zero-order chi connectivity index (χ0) is 12.1. The maximum atomic E-state index is 11.1. The van der Waals surface area contributed by atoms with Crippen molar-refractivity contribution in [3.8, 4) is 0 Å². The van der Waals surface area contributed by atoms with Crippen LogP contribution in [0, 0.1) is 0 Å². The molecule has 0 atom stereocenters.